The zero-order valence-electron chi connectivity index (χ0n) is 19.9. The third-order valence-corrected chi connectivity index (χ3v) is 8.24. The third-order valence-electron chi connectivity index (χ3n) is 5.43. The molecule has 0 saturated heterocycles. The molecule has 4 aromatic carbocycles. The van der Waals surface area contributed by atoms with Crippen molar-refractivity contribution in [3.63, 3.8) is 0 Å². The Hall–Kier alpha value is -3.30. The van der Waals surface area contributed by atoms with Crippen LogP contribution in [-0.4, -0.2) is 27.5 Å². The summed E-state index contributed by atoms with van der Waals surface area (Å²) in [6.45, 7) is 0. The molecule has 6 nitrogen and oxygen atoms in total. The van der Waals surface area contributed by atoms with E-state index in [0.29, 0.717) is 5.69 Å². The highest BCUT2D eigenvalue weighted by atomic mass is 35.5. The number of carbonyl (C=O) groups is 1. The van der Waals surface area contributed by atoms with E-state index in [0.717, 1.165) is 15.4 Å². The summed E-state index contributed by atoms with van der Waals surface area (Å²) < 4.78 is 34.6. The van der Waals surface area contributed by atoms with Gasteiger partial charge in [0.1, 0.15) is 16.7 Å². The maximum atomic E-state index is 13.5. The van der Waals surface area contributed by atoms with Crippen molar-refractivity contribution in [1.29, 1.82) is 0 Å². The maximum absolute atomic E-state index is 13.5. The van der Waals surface area contributed by atoms with Gasteiger partial charge in [0, 0.05) is 14.8 Å². The van der Waals surface area contributed by atoms with Gasteiger partial charge in [-0.25, -0.2) is 8.42 Å². The Bertz CT molecular complexity index is 1470. The van der Waals surface area contributed by atoms with Gasteiger partial charge >= 0.3 is 0 Å². The predicted octanol–water partition coefficient (Wildman–Crippen LogP) is 6.03. The number of sulfonamides is 1. The van der Waals surface area contributed by atoms with Crippen LogP contribution in [-0.2, 0) is 21.2 Å². The van der Waals surface area contributed by atoms with Gasteiger partial charge < -0.3 is 10.1 Å². The van der Waals surface area contributed by atoms with Gasteiger partial charge in [-0.3, -0.25) is 4.79 Å². The monoisotopic (exact) mass is 552 g/mol. The molecule has 0 radical (unpaired) electrons. The number of hydrogen-bond donors (Lipinski definition) is 2. The van der Waals surface area contributed by atoms with Crippen molar-refractivity contribution in [2.75, 3.05) is 12.4 Å². The summed E-state index contributed by atoms with van der Waals surface area (Å²) in [5.41, 5.74) is 1.38. The highest BCUT2D eigenvalue weighted by Crippen LogP contribution is 2.33. The molecule has 9 heteroatoms. The molecule has 4 aromatic rings. The van der Waals surface area contributed by atoms with Crippen LogP contribution in [0.5, 0.6) is 5.75 Å². The zero-order valence-corrected chi connectivity index (χ0v) is 22.3. The summed E-state index contributed by atoms with van der Waals surface area (Å²) in [4.78, 5) is 15.2. The Morgan fingerprint density at radius 2 is 1.57 bits per heavy atom. The molecular weight excluding hydrogens is 528 g/mol. The topological polar surface area (TPSA) is 84.5 Å². The maximum Gasteiger partial charge on any atom is 0.245 e. The number of anilines is 1. The molecular formula is C28H25ClN2O4S2. The first-order valence-electron chi connectivity index (χ1n) is 11.4. The first-order chi connectivity index (χ1) is 17.9. The molecule has 1 atom stereocenters. The Balaban J connectivity index is 1.63. The van der Waals surface area contributed by atoms with E-state index < -0.39 is 22.0 Å². The van der Waals surface area contributed by atoms with E-state index in [1.54, 1.807) is 6.07 Å². The Labute approximate surface area is 226 Å². The normalized spacial score (nSPS) is 12.1. The molecule has 2 N–H and O–H groups in total. The molecule has 0 aliphatic heterocycles. The molecule has 37 heavy (non-hydrogen) atoms. The Morgan fingerprint density at radius 1 is 0.919 bits per heavy atom. The van der Waals surface area contributed by atoms with Crippen LogP contribution in [0, 0.1) is 0 Å². The third kappa shape index (κ3) is 7.14. The summed E-state index contributed by atoms with van der Waals surface area (Å²) in [5, 5.41) is 3.15. The fourth-order valence-electron chi connectivity index (χ4n) is 3.64. The van der Waals surface area contributed by atoms with E-state index in [1.165, 1.54) is 37.1 Å². The van der Waals surface area contributed by atoms with Gasteiger partial charge in [-0.05, 0) is 54.4 Å². The van der Waals surface area contributed by atoms with Crippen LogP contribution >= 0.6 is 23.4 Å². The molecule has 0 bridgehead atoms. The smallest absolute Gasteiger partial charge is 0.245 e. The average Bonchev–Trinajstić information content (AvgIpc) is 2.90. The van der Waals surface area contributed by atoms with E-state index in [-0.39, 0.29) is 22.1 Å². The minimum atomic E-state index is -4.17. The summed E-state index contributed by atoms with van der Waals surface area (Å²) in [7, 11) is -2.79. The fourth-order valence-corrected chi connectivity index (χ4v) is 6.19. The Kier molecular flexibility index (Phi) is 8.89. The molecule has 190 valence electrons. The second-order valence-corrected chi connectivity index (χ2v) is 11.3. The van der Waals surface area contributed by atoms with Crippen molar-refractivity contribution >= 4 is 45.0 Å². The molecule has 0 aliphatic carbocycles. The van der Waals surface area contributed by atoms with Crippen molar-refractivity contribution in [1.82, 2.24) is 4.72 Å². The van der Waals surface area contributed by atoms with Crippen molar-refractivity contribution in [2.24, 2.45) is 0 Å². The largest absolute Gasteiger partial charge is 0.495 e. The molecule has 4 rings (SSSR count). The van der Waals surface area contributed by atoms with Crippen molar-refractivity contribution in [3.8, 4) is 5.75 Å². The first-order valence-corrected chi connectivity index (χ1v) is 14.1. The van der Waals surface area contributed by atoms with Crippen LogP contribution in [0.15, 0.2) is 118 Å². The predicted molar refractivity (Wildman–Crippen MR) is 148 cm³/mol. The van der Waals surface area contributed by atoms with Crippen LogP contribution in [0.25, 0.3) is 0 Å². The SMILES string of the molecule is COc1ccc(Cl)cc1S(=O)(=O)NC(Cc1ccccc1)C(=O)Nc1ccccc1Sc1ccccc1. The zero-order chi connectivity index (χ0) is 26.3. The lowest BCUT2D eigenvalue weighted by Crippen LogP contribution is -2.45. The number of methoxy groups -OCH3 is 1. The molecule has 0 fully saturated rings. The molecule has 0 aliphatic rings. The molecule has 0 heterocycles. The number of nitrogens with one attached hydrogen (secondary N) is 2. The molecule has 1 amide bonds. The van der Waals surface area contributed by atoms with Gasteiger partial charge in [-0.15, -0.1) is 0 Å². The van der Waals surface area contributed by atoms with Gasteiger partial charge in [0.2, 0.25) is 15.9 Å². The van der Waals surface area contributed by atoms with Gasteiger partial charge in [-0.2, -0.15) is 4.72 Å². The van der Waals surface area contributed by atoms with E-state index in [1.807, 2.05) is 78.9 Å². The molecule has 1 unspecified atom stereocenters. The minimum absolute atomic E-state index is 0.125. The lowest BCUT2D eigenvalue weighted by atomic mass is 10.1. The average molecular weight is 553 g/mol. The highest BCUT2D eigenvalue weighted by Gasteiger charge is 2.29. The summed E-state index contributed by atoms with van der Waals surface area (Å²) >= 11 is 7.57. The van der Waals surface area contributed by atoms with E-state index in [9.17, 15) is 13.2 Å². The van der Waals surface area contributed by atoms with Crippen LogP contribution in [0.2, 0.25) is 5.02 Å². The number of halogens is 1. The van der Waals surface area contributed by atoms with Crippen LogP contribution in [0.4, 0.5) is 5.69 Å². The Morgan fingerprint density at radius 3 is 2.27 bits per heavy atom. The van der Waals surface area contributed by atoms with Crippen molar-refractivity contribution in [2.45, 2.75) is 27.1 Å². The summed E-state index contributed by atoms with van der Waals surface area (Å²) in [5.74, 6) is -0.366. The van der Waals surface area contributed by atoms with E-state index in [4.69, 9.17) is 16.3 Å². The van der Waals surface area contributed by atoms with Crippen LogP contribution in [0.1, 0.15) is 5.56 Å². The van der Waals surface area contributed by atoms with E-state index in [2.05, 4.69) is 10.0 Å². The minimum Gasteiger partial charge on any atom is -0.495 e. The number of ether oxygens (including phenoxy) is 1. The second-order valence-electron chi connectivity index (χ2n) is 8.06. The van der Waals surface area contributed by atoms with Crippen LogP contribution < -0.4 is 14.8 Å². The summed E-state index contributed by atoms with van der Waals surface area (Å²) in [6.07, 6.45) is 0.142. The molecule has 0 saturated carbocycles. The number of hydrogen-bond acceptors (Lipinski definition) is 5. The van der Waals surface area contributed by atoms with Crippen molar-refractivity contribution in [3.05, 3.63) is 114 Å². The van der Waals surface area contributed by atoms with Gasteiger partial charge in [-0.1, -0.05) is 84.0 Å². The van der Waals surface area contributed by atoms with E-state index >= 15 is 0 Å². The second kappa shape index (κ2) is 12.3. The molecule has 0 aromatic heterocycles. The summed E-state index contributed by atoms with van der Waals surface area (Å²) in [6, 6.07) is 29.6. The number of rotatable bonds is 10. The fraction of sp³-hybridized carbons (Fsp3) is 0.107. The molecule has 0 spiro atoms. The first kappa shape index (κ1) is 26.8. The number of amides is 1. The van der Waals surface area contributed by atoms with Gasteiger partial charge in [0.15, 0.2) is 0 Å². The van der Waals surface area contributed by atoms with Gasteiger partial charge in [0.05, 0.1) is 12.8 Å². The highest BCUT2D eigenvalue weighted by molar-refractivity contribution is 7.99. The van der Waals surface area contributed by atoms with Gasteiger partial charge in [0.25, 0.3) is 0 Å². The van der Waals surface area contributed by atoms with Crippen LogP contribution in [0.3, 0.4) is 0 Å². The van der Waals surface area contributed by atoms with Crippen molar-refractivity contribution < 1.29 is 17.9 Å². The number of carbonyl (C=O) groups excluding carboxylic acids is 1. The standard InChI is InChI=1S/C28H25ClN2O4S2/c1-35-25-17-16-21(29)19-27(25)37(33,34)31-24(18-20-10-4-2-5-11-20)28(32)30-23-14-8-9-15-26(23)36-22-12-6-3-7-13-22/h2-17,19,24,31H,18H2,1H3,(H,30,32). The number of benzene rings is 4. The quantitative estimate of drug-likeness (QED) is 0.251. The lowest BCUT2D eigenvalue weighted by Gasteiger charge is -2.20. The number of para-hydroxylation sites is 1. The lowest BCUT2D eigenvalue weighted by molar-refractivity contribution is -0.117.